The van der Waals surface area contributed by atoms with Crippen LogP contribution in [0.4, 0.5) is 0 Å². The third-order valence-corrected chi connectivity index (χ3v) is 5.78. The maximum absolute atomic E-state index is 11.0. The van der Waals surface area contributed by atoms with Crippen LogP contribution >= 0.6 is 11.3 Å². The first-order chi connectivity index (χ1) is 14.6. The predicted octanol–water partition coefficient (Wildman–Crippen LogP) is 5.44. The molecule has 0 saturated carbocycles. The molecular weight excluding hydrogens is 394 g/mol. The van der Waals surface area contributed by atoms with E-state index in [1.54, 1.807) is 34.1 Å². The van der Waals surface area contributed by atoms with Crippen molar-refractivity contribution >= 4 is 17.0 Å². The third kappa shape index (κ3) is 3.31. The van der Waals surface area contributed by atoms with E-state index in [1.807, 2.05) is 29.0 Å². The van der Waals surface area contributed by atoms with E-state index < -0.39 is 0 Å². The van der Waals surface area contributed by atoms with E-state index >= 15 is 0 Å². The topological polar surface area (TPSA) is 70.7 Å². The smallest absolute Gasteiger partial charge is 0.219 e. The van der Waals surface area contributed by atoms with Crippen molar-refractivity contribution in [1.82, 2.24) is 14.4 Å². The summed E-state index contributed by atoms with van der Waals surface area (Å²) in [4.78, 5) is 9.60. The first kappa shape index (κ1) is 18.4. The first-order valence-electron chi connectivity index (χ1n) is 9.57. The lowest BCUT2D eigenvalue weighted by Crippen LogP contribution is -1.95. The number of phenolic OH excluding ortho intramolecular Hbond substituents is 1. The van der Waals surface area contributed by atoms with Gasteiger partial charge in [0.25, 0.3) is 0 Å². The molecule has 0 bridgehead atoms. The van der Waals surface area contributed by atoms with Crippen LogP contribution in [-0.4, -0.2) is 24.6 Å². The van der Waals surface area contributed by atoms with E-state index in [0.717, 1.165) is 16.7 Å². The SMILES string of the molecule is Cc1ccc(Cc2nc3c(-c4ccsc4)nc(-c4ccc(O)cc4)cn3c2O)cc1. The van der Waals surface area contributed by atoms with Crippen LogP contribution in [0.5, 0.6) is 11.6 Å². The van der Waals surface area contributed by atoms with Crippen molar-refractivity contribution < 1.29 is 10.2 Å². The van der Waals surface area contributed by atoms with Crippen LogP contribution in [0.2, 0.25) is 0 Å². The van der Waals surface area contributed by atoms with Gasteiger partial charge in [-0.25, -0.2) is 9.97 Å². The van der Waals surface area contributed by atoms with Gasteiger partial charge in [0.15, 0.2) is 5.65 Å². The molecule has 0 spiro atoms. The molecule has 2 aromatic carbocycles. The zero-order valence-corrected chi connectivity index (χ0v) is 17.1. The second-order valence-electron chi connectivity index (χ2n) is 7.27. The van der Waals surface area contributed by atoms with Gasteiger partial charge in [-0.05, 0) is 48.2 Å². The summed E-state index contributed by atoms with van der Waals surface area (Å²) in [5, 5.41) is 24.6. The molecule has 148 valence electrons. The second-order valence-corrected chi connectivity index (χ2v) is 8.05. The van der Waals surface area contributed by atoms with Gasteiger partial charge in [0, 0.05) is 29.1 Å². The number of nitrogens with zero attached hydrogens (tertiary/aromatic N) is 3. The average molecular weight is 414 g/mol. The lowest BCUT2D eigenvalue weighted by Gasteiger charge is -2.07. The summed E-state index contributed by atoms with van der Waals surface area (Å²) in [6.07, 6.45) is 2.32. The number of rotatable bonds is 4. The number of thiophene rings is 1. The highest BCUT2D eigenvalue weighted by molar-refractivity contribution is 7.08. The zero-order chi connectivity index (χ0) is 20.7. The van der Waals surface area contributed by atoms with Gasteiger partial charge in [-0.2, -0.15) is 11.3 Å². The number of aryl methyl sites for hydroxylation is 1. The maximum atomic E-state index is 11.0. The molecule has 0 radical (unpaired) electrons. The number of fused-ring (bicyclic) bond motifs is 1. The number of hydrogen-bond acceptors (Lipinski definition) is 5. The highest BCUT2D eigenvalue weighted by Crippen LogP contribution is 2.32. The molecule has 5 nitrogen and oxygen atoms in total. The van der Waals surface area contributed by atoms with Crippen molar-refractivity contribution in [2.75, 3.05) is 0 Å². The molecular formula is C24H19N3O2S. The maximum Gasteiger partial charge on any atom is 0.219 e. The molecule has 0 aliphatic carbocycles. The minimum Gasteiger partial charge on any atom is -0.508 e. The molecule has 5 aromatic rings. The largest absolute Gasteiger partial charge is 0.508 e. The normalized spacial score (nSPS) is 11.2. The monoisotopic (exact) mass is 413 g/mol. The first-order valence-corrected chi connectivity index (χ1v) is 10.5. The third-order valence-electron chi connectivity index (χ3n) is 5.10. The van der Waals surface area contributed by atoms with Crippen molar-refractivity contribution in [3.05, 3.63) is 88.4 Å². The molecule has 0 fully saturated rings. The van der Waals surface area contributed by atoms with Gasteiger partial charge in [-0.15, -0.1) is 0 Å². The fourth-order valence-corrected chi connectivity index (χ4v) is 4.10. The molecule has 3 heterocycles. The van der Waals surface area contributed by atoms with Crippen molar-refractivity contribution in [3.63, 3.8) is 0 Å². The molecule has 0 atom stereocenters. The number of aromatic nitrogens is 3. The van der Waals surface area contributed by atoms with Crippen LogP contribution in [0.3, 0.4) is 0 Å². The molecule has 0 unspecified atom stereocenters. The van der Waals surface area contributed by atoms with Crippen molar-refractivity contribution in [2.45, 2.75) is 13.3 Å². The fourth-order valence-electron chi connectivity index (χ4n) is 3.46. The Bertz CT molecular complexity index is 1320. The summed E-state index contributed by atoms with van der Waals surface area (Å²) in [7, 11) is 0. The summed E-state index contributed by atoms with van der Waals surface area (Å²) in [6, 6.07) is 17.1. The van der Waals surface area contributed by atoms with Crippen LogP contribution in [0.25, 0.3) is 28.2 Å². The number of imidazole rings is 1. The van der Waals surface area contributed by atoms with E-state index in [-0.39, 0.29) is 11.6 Å². The van der Waals surface area contributed by atoms with Crippen LogP contribution in [0.15, 0.2) is 71.6 Å². The van der Waals surface area contributed by atoms with Crippen LogP contribution in [0.1, 0.15) is 16.8 Å². The van der Waals surface area contributed by atoms with Crippen LogP contribution in [0, 0.1) is 6.92 Å². The average Bonchev–Trinajstić information content (AvgIpc) is 3.39. The van der Waals surface area contributed by atoms with Gasteiger partial charge in [0.2, 0.25) is 5.88 Å². The van der Waals surface area contributed by atoms with Crippen molar-refractivity contribution in [2.24, 2.45) is 0 Å². The summed E-state index contributed by atoms with van der Waals surface area (Å²) < 4.78 is 1.70. The molecule has 5 rings (SSSR count). The Morgan fingerprint density at radius 3 is 2.37 bits per heavy atom. The highest BCUT2D eigenvalue weighted by Gasteiger charge is 2.19. The van der Waals surface area contributed by atoms with Gasteiger partial charge >= 0.3 is 0 Å². The number of aromatic hydroxyl groups is 2. The Balaban J connectivity index is 1.68. The molecule has 3 aromatic heterocycles. The molecule has 30 heavy (non-hydrogen) atoms. The van der Waals surface area contributed by atoms with Crippen molar-refractivity contribution in [1.29, 1.82) is 0 Å². The number of hydrogen-bond donors (Lipinski definition) is 2. The minimum absolute atomic E-state index is 0.115. The minimum atomic E-state index is 0.115. The van der Waals surface area contributed by atoms with E-state index in [9.17, 15) is 10.2 Å². The Hall–Kier alpha value is -3.64. The van der Waals surface area contributed by atoms with Crippen LogP contribution < -0.4 is 0 Å². The van der Waals surface area contributed by atoms with Gasteiger partial charge < -0.3 is 10.2 Å². The molecule has 6 heteroatoms. The van der Waals surface area contributed by atoms with Crippen molar-refractivity contribution in [3.8, 4) is 34.1 Å². The zero-order valence-electron chi connectivity index (χ0n) is 16.3. The predicted molar refractivity (Wildman–Crippen MR) is 119 cm³/mol. The Morgan fingerprint density at radius 2 is 1.67 bits per heavy atom. The summed E-state index contributed by atoms with van der Waals surface area (Å²) in [5.41, 5.74) is 6.72. The second kappa shape index (κ2) is 7.31. The summed E-state index contributed by atoms with van der Waals surface area (Å²) in [5.74, 6) is 0.313. The standard InChI is InChI=1S/C24H19N3O2S/c1-15-2-4-16(5-3-15)12-20-24(29)27-13-21(17-6-8-19(28)9-7-17)25-22(23(27)26-20)18-10-11-30-14-18/h2-11,13-14,28-29H,12H2,1H3. The lowest BCUT2D eigenvalue weighted by atomic mass is 10.1. The molecule has 0 aliphatic rings. The van der Waals surface area contributed by atoms with E-state index in [0.29, 0.717) is 29.1 Å². The molecule has 0 aliphatic heterocycles. The fraction of sp³-hybridized carbons (Fsp3) is 0.0833. The molecule has 2 N–H and O–H groups in total. The van der Waals surface area contributed by atoms with Gasteiger partial charge in [0.05, 0.1) is 5.69 Å². The molecule has 0 amide bonds. The van der Waals surface area contributed by atoms with E-state index in [4.69, 9.17) is 9.97 Å². The summed E-state index contributed by atoms with van der Waals surface area (Å²) >= 11 is 1.59. The van der Waals surface area contributed by atoms with Gasteiger partial charge in [-0.3, -0.25) is 4.40 Å². The van der Waals surface area contributed by atoms with Gasteiger partial charge in [0.1, 0.15) is 17.1 Å². The summed E-state index contributed by atoms with van der Waals surface area (Å²) in [6.45, 7) is 2.05. The highest BCUT2D eigenvalue weighted by atomic mass is 32.1. The lowest BCUT2D eigenvalue weighted by molar-refractivity contribution is 0.442. The number of benzene rings is 2. The Morgan fingerprint density at radius 1 is 0.900 bits per heavy atom. The Labute approximate surface area is 177 Å². The quantitative estimate of drug-likeness (QED) is 0.412. The van der Waals surface area contributed by atoms with E-state index in [1.165, 1.54) is 5.56 Å². The molecule has 0 saturated heterocycles. The van der Waals surface area contributed by atoms with E-state index in [2.05, 4.69) is 31.2 Å². The van der Waals surface area contributed by atoms with Gasteiger partial charge in [-0.1, -0.05) is 29.8 Å². The Kier molecular flexibility index (Phi) is 4.48. The van der Waals surface area contributed by atoms with Crippen LogP contribution in [-0.2, 0) is 6.42 Å². The number of phenols is 1.